The summed E-state index contributed by atoms with van der Waals surface area (Å²) >= 11 is 0. The fraction of sp³-hybridized carbons (Fsp3) is 0.0417. The maximum atomic E-state index is 13.9. The van der Waals surface area contributed by atoms with E-state index in [4.69, 9.17) is 4.52 Å². The molecule has 1 aromatic heterocycles. The number of aryl methyl sites for hydroxylation is 1. The minimum absolute atomic E-state index is 0.0105. The Morgan fingerprint density at radius 3 is 2.39 bits per heavy atom. The zero-order valence-electron chi connectivity index (χ0n) is 16.6. The molecule has 2 N–H and O–H groups in total. The lowest BCUT2D eigenvalue weighted by Crippen LogP contribution is -2.15. The first kappa shape index (κ1) is 20.0. The standard InChI is InChI=1S/C24H18FN3O3/c1-15-11-12-17(26-23(29)16-7-3-2-4-8-16)13-20(15)27-24(30)21-14-22(31-28-21)18-9-5-6-10-19(18)25/h2-14H,1H3,(H,26,29)(H,27,30). The number of nitrogens with zero attached hydrogens (tertiary/aromatic N) is 1. The Labute approximate surface area is 177 Å². The van der Waals surface area contributed by atoms with E-state index in [2.05, 4.69) is 15.8 Å². The Morgan fingerprint density at radius 1 is 0.871 bits per heavy atom. The second-order valence-corrected chi connectivity index (χ2v) is 6.86. The van der Waals surface area contributed by atoms with E-state index in [0.29, 0.717) is 16.9 Å². The first-order valence-electron chi connectivity index (χ1n) is 9.51. The highest BCUT2D eigenvalue weighted by atomic mass is 19.1. The van der Waals surface area contributed by atoms with Gasteiger partial charge in [-0.3, -0.25) is 9.59 Å². The number of nitrogens with one attached hydrogen (secondary N) is 2. The van der Waals surface area contributed by atoms with Gasteiger partial charge in [-0.2, -0.15) is 0 Å². The van der Waals surface area contributed by atoms with Gasteiger partial charge in [0.1, 0.15) is 5.82 Å². The van der Waals surface area contributed by atoms with Gasteiger partial charge in [0.05, 0.1) is 5.56 Å². The second kappa shape index (κ2) is 8.62. The molecule has 0 aliphatic carbocycles. The second-order valence-electron chi connectivity index (χ2n) is 6.86. The van der Waals surface area contributed by atoms with Crippen LogP contribution in [0, 0.1) is 12.7 Å². The number of amides is 2. The molecule has 0 unspecified atom stereocenters. The van der Waals surface area contributed by atoms with Crippen LogP contribution in [-0.4, -0.2) is 17.0 Å². The Bertz CT molecular complexity index is 1250. The van der Waals surface area contributed by atoms with E-state index in [9.17, 15) is 14.0 Å². The molecule has 1 heterocycles. The first-order chi connectivity index (χ1) is 15.0. The van der Waals surface area contributed by atoms with Gasteiger partial charge in [-0.05, 0) is 48.9 Å². The Hall–Kier alpha value is -4.26. The Morgan fingerprint density at radius 2 is 1.61 bits per heavy atom. The largest absolute Gasteiger partial charge is 0.355 e. The van der Waals surface area contributed by atoms with E-state index in [0.717, 1.165) is 5.56 Å². The van der Waals surface area contributed by atoms with E-state index < -0.39 is 11.7 Å². The zero-order valence-corrected chi connectivity index (χ0v) is 16.6. The van der Waals surface area contributed by atoms with Gasteiger partial charge in [0.2, 0.25) is 0 Å². The summed E-state index contributed by atoms with van der Waals surface area (Å²) in [5.74, 6) is -1.08. The van der Waals surface area contributed by atoms with E-state index in [1.54, 1.807) is 60.7 Å². The summed E-state index contributed by atoms with van der Waals surface area (Å²) in [6, 6.07) is 21.5. The normalized spacial score (nSPS) is 10.5. The third kappa shape index (κ3) is 4.51. The monoisotopic (exact) mass is 415 g/mol. The summed E-state index contributed by atoms with van der Waals surface area (Å²) in [5.41, 5.74) is 2.58. The number of carbonyl (C=O) groups is 2. The van der Waals surface area contributed by atoms with Gasteiger partial charge >= 0.3 is 0 Å². The fourth-order valence-electron chi connectivity index (χ4n) is 2.98. The smallest absolute Gasteiger partial charge is 0.277 e. The lowest BCUT2D eigenvalue weighted by atomic mass is 10.1. The molecule has 0 bridgehead atoms. The quantitative estimate of drug-likeness (QED) is 0.464. The molecule has 0 spiro atoms. The van der Waals surface area contributed by atoms with Crippen LogP contribution in [-0.2, 0) is 0 Å². The van der Waals surface area contributed by atoms with Crippen molar-refractivity contribution in [2.24, 2.45) is 0 Å². The maximum Gasteiger partial charge on any atom is 0.277 e. The minimum Gasteiger partial charge on any atom is -0.355 e. The summed E-state index contributed by atoms with van der Waals surface area (Å²) in [7, 11) is 0. The fourth-order valence-corrected chi connectivity index (χ4v) is 2.98. The number of halogens is 1. The highest BCUT2D eigenvalue weighted by molar-refractivity contribution is 6.06. The third-order valence-electron chi connectivity index (χ3n) is 4.66. The number of anilines is 2. The van der Waals surface area contributed by atoms with Crippen LogP contribution in [0.25, 0.3) is 11.3 Å². The SMILES string of the molecule is Cc1ccc(NC(=O)c2ccccc2)cc1NC(=O)c1cc(-c2ccccc2F)on1. The van der Waals surface area contributed by atoms with Gasteiger partial charge in [0, 0.05) is 23.0 Å². The van der Waals surface area contributed by atoms with Crippen molar-refractivity contribution in [3.05, 3.63) is 102 Å². The van der Waals surface area contributed by atoms with Gasteiger partial charge in [-0.15, -0.1) is 0 Å². The average molecular weight is 415 g/mol. The van der Waals surface area contributed by atoms with Gasteiger partial charge in [-0.25, -0.2) is 4.39 Å². The van der Waals surface area contributed by atoms with Crippen molar-refractivity contribution in [2.45, 2.75) is 6.92 Å². The van der Waals surface area contributed by atoms with Crippen LogP contribution in [0.1, 0.15) is 26.4 Å². The van der Waals surface area contributed by atoms with Crippen molar-refractivity contribution in [3.8, 4) is 11.3 Å². The van der Waals surface area contributed by atoms with Crippen LogP contribution in [0.15, 0.2) is 83.4 Å². The van der Waals surface area contributed by atoms with Crippen LogP contribution >= 0.6 is 0 Å². The summed E-state index contributed by atoms with van der Waals surface area (Å²) in [6.45, 7) is 1.83. The topological polar surface area (TPSA) is 84.2 Å². The summed E-state index contributed by atoms with van der Waals surface area (Å²) in [6.07, 6.45) is 0. The molecule has 0 aliphatic heterocycles. The minimum atomic E-state index is -0.513. The van der Waals surface area contributed by atoms with Crippen LogP contribution < -0.4 is 10.6 Å². The summed E-state index contributed by atoms with van der Waals surface area (Å²) < 4.78 is 19.1. The molecule has 0 aliphatic rings. The molecule has 0 saturated carbocycles. The summed E-state index contributed by atoms with van der Waals surface area (Å²) in [5, 5.41) is 9.30. The van der Waals surface area contributed by atoms with Gasteiger partial charge < -0.3 is 15.2 Å². The van der Waals surface area contributed by atoms with Crippen LogP contribution in [0.3, 0.4) is 0 Å². The van der Waals surface area contributed by atoms with Crippen LogP contribution in [0.4, 0.5) is 15.8 Å². The third-order valence-corrected chi connectivity index (χ3v) is 4.66. The highest BCUT2D eigenvalue weighted by Gasteiger charge is 2.17. The molecular weight excluding hydrogens is 397 g/mol. The number of rotatable bonds is 5. The molecule has 31 heavy (non-hydrogen) atoms. The van der Waals surface area contributed by atoms with Gasteiger partial charge in [0.25, 0.3) is 11.8 Å². The number of carbonyl (C=O) groups excluding carboxylic acids is 2. The number of benzene rings is 3. The molecule has 0 saturated heterocycles. The van der Waals surface area contributed by atoms with Crippen molar-refractivity contribution in [3.63, 3.8) is 0 Å². The highest BCUT2D eigenvalue weighted by Crippen LogP contribution is 2.25. The van der Waals surface area contributed by atoms with Crippen LogP contribution in [0.2, 0.25) is 0 Å². The van der Waals surface area contributed by atoms with E-state index in [1.807, 2.05) is 13.0 Å². The molecule has 4 aromatic rings. The van der Waals surface area contributed by atoms with Gasteiger partial charge in [0.15, 0.2) is 11.5 Å². The average Bonchev–Trinajstić information content (AvgIpc) is 3.27. The first-order valence-corrected chi connectivity index (χ1v) is 9.51. The molecule has 0 atom stereocenters. The molecule has 3 aromatic carbocycles. The lowest BCUT2D eigenvalue weighted by Gasteiger charge is -2.11. The zero-order chi connectivity index (χ0) is 21.8. The predicted octanol–water partition coefficient (Wildman–Crippen LogP) is 5.29. The number of hydrogen-bond donors (Lipinski definition) is 2. The molecule has 154 valence electrons. The molecule has 4 rings (SSSR count). The van der Waals surface area contributed by atoms with Crippen molar-refractivity contribution in [1.29, 1.82) is 0 Å². The lowest BCUT2D eigenvalue weighted by molar-refractivity contribution is 0.101. The number of aromatic nitrogens is 1. The molecule has 6 nitrogen and oxygen atoms in total. The van der Waals surface area contributed by atoms with Crippen LogP contribution in [0.5, 0.6) is 0 Å². The van der Waals surface area contributed by atoms with E-state index >= 15 is 0 Å². The molecule has 7 heteroatoms. The molecular formula is C24H18FN3O3. The number of hydrogen-bond acceptors (Lipinski definition) is 4. The van der Waals surface area contributed by atoms with Crippen molar-refractivity contribution >= 4 is 23.2 Å². The predicted molar refractivity (Wildman–Crippen MR) is 115 cm³/mol. The Balaban J connectivity index is 1.50. The van der Waals surface area contributed by atoms with Crippen molar-refractivity contribution in [2.75, 3.05) is 10.6 Å². The summed E-state index contributed by atoms with van der Waals surface area (Å²) in [4.78, 5) is 25.0. The van der Waals surface area contributed by atoms with Crippen molar-refractivity contribution < 1.29 is 18.5 Å². The molecule has 0 radical (unpaired) electrons. The maximum absolute atomic E-state index is 13.9. The van der Waals surface area contributed by atoms with E-state index in [-0.39, 0.29) is 22.9 Å². The van der Waals surface area contributed by atoms with Crippen molar-refractivity contribution in [1.82, 2.24) is 5.16 Å². The van der Waals surface area contributed by atoms with E-state index in [1.165, 1.54) is 12.1 Å². The van der Waals surface area contributed by atoms with Gasteiger partial charge in [-0.1, -0.05) is 41.6 Å². The Kier molecular flexibility index (Phi) is 5.57. The molecule has 0 fully saturated rings. The molecule has 2 amide bonds.